The first kappa shape index (κ1) is 10.8. The Kier molecular flexibility index (Phi) is 3.17. The van der Waals surface area contributed by atoms with Gasteiger partial charge in [-0.25, -0.2) is 0 Å². The van der Waals surface area contributed by atoms with Gasteiger partial charge in [0, 0.05) is 12.5 Å². The normalized spacial score (nSPS) is 28.0. The van der Waals surface area contributed by atoms with Crippen LogP contribution in [0.3, 0.4) is 0 Å². The Morgan fingerprint density at radius 3 is 3.00 bits per heavy atom. The van der Waals surface area contributed by atoms with Gasteiger partial charge in [0.15, 0.2) is 0 Å². The van der Waals surface area contributed by atoms with Crippen molar-refractivity contribution in [1.82, 2.24) is 5.32 Å². The number of fused-ring (bicyclic) bond motifs is 3. The van der Waals surface area contributed by atoms with Crippen molar-refractivity contribution in [3.8, 4) is 5.75 Å². The maximum Gasteiger partial charge on any atom is 0.122 e. The Morgan fingerprint density at radius 2 is 2.07 bits per heavy atom. The number of para-hydroxylation sites is 1. The van der Waals surface area contributed by atoms with E-state index >= 15 is 0 Å². The highest BCUT2D eigenvalue weighted by Crippen LogP contribution is 2.38. The molecule has 2 heterocycles. The molecule has 2 nitrogen and oxygen atoms in total. The lowest BCUT2D eigenvalue weighted by Gasteiger charge is -2.15. The molecule has 0 aromatic heterocycles. The zero-order chi connectivity index (χ0) is 9.38. The molecule has 1 saturated heterocycles. The van der Waals surface area contributed by atoms with Crippen molar-refractivity contribution in [3.63, 3.8) is 0 Å². The van der Waals surface area contributed by atoms with Crippen LogP contribution in [0, 0.1) is 5.92 Å². The highest BCUT2D eigenvalue weighted by atomic mass is 35.5. The minimum atomic E-state index is 0. The standard InChI is InChI=1S/C12H15NO.ClH/c1-2-4-12-10(3-1)11-8-13-7-9(11)5-6-14-12;/h1-4,9,11,13H,5-8H2;1H. The van der Waals surface area contributed by atoms with Gasteiger partial charge in [0.05, 0.1) is 6.61 Å². The molecule has 1 fully saturated rings. The Hall–Kier alpha value is -0.730. The fourth-order valence-corrected chi connectivity index (χ4v) is 2.64. The van der Waals surface area contributed by atoms with Gasteiger partial charge in [-0.3, -0.25) is 0 Å². The third kappa shape index (κ3) is 1.84. The summed E-state index contributed by atoms with van der Waals surface area (Å²) < 4.78 is 5.76. The number of nitrogens with one attached hydrogen (secondary N) is 1. The van der Waals surface area contributed by atoms with Gasteiger partial charge in [-0.2, -0.15) is 0 Å². The predicted molar refractivity (Wildman–Crippen MR) is 62.9 cm³/mol. The average Bonchev–Trinajstić information content (AvgIpc) is 2.61. The van der Waals surface area contributed by atoms with E-state index in [1.54, 1.807) is 0 Å². The molecule has 1 aromatic rings. The Morgan fingerprint density at radius 1 is 1.20 bits per heavy atom. The summed E-state index contributed by atoms with van der Waals surface area (Å²) in [5.74, 6) is 2.55. The molecule has 0 amide bonds. The maximum atomic E-state index is 5.76. The topological polar surface area (TPSA) is 21.3 Å². The van der Waals surface area contributed by atoms with Crippen LogP contribution in [0.25, 0.3) is 0 Å². The first-order valence-corrected chi connectivity index (χ1v) is 5.37. The highest BCUT2D eigenvalue weighted by Gasteiger charge is 2.32. The molecule has 2 aliphatic heterocycles. The smallest absolute Gasteiger partial charge is 0.122 e. The van der Waals surface area contributed by atoms with E-state index < -0.39 is 0 Å². The van der Waals surface area contributed by atoms with Gasteiger partial charge in [0.1, 0.15) is 5.75 Å². The number of hydrogen-bond donors (Lipinski definition) is 1. The minimum absolute atomic E-state index is 0. The predicted octanol–water partition coefficient (Wildman–Crippen LogP) is 2.19. The van der Waals surface area contributed by atoms with Gasteiger partial charge in [0.2, 0.25) is 0 Å². The summed E-state index contributed by atoms with van der Waals surface area (Å²) in [7, 11) is 0. The molecular weight excluding hydrogens is 210 g/mol. The molecule has 0 radical (unpaired) electrons. The van der Waals surface area contributed by atoms with Crippen LogP contribution in [0.15, 0.2) is 24.3 Å². The fraction of sp³-hybridized carbons (Fsp3) is 0.500. The lowest BCUT2D eigenvalue weighted by Crippen LogP contribution is -2.11. The third-order valence-electron chi connectivity index (χ3n) is 3.40. The van der Waals surface area contributed by atoms with E-state index in [2.05, 4.69) is 29.6 Å². The second-order valence-electron chi connectivity index (χ2n) is 4.20. The number of benzene rings is 1. The van der Waals surface area contributed by atoms with E-state index in [-0.39, 0.29) is 12.4 Å². The summed E-state index contributed by atoms with van der Waals surface area (Å²) in [5.41, 5.74) is 1.40. The van der Waals surface area contributed by atoms with Crippen molar-refractivity contribution >= 4 is 12.4 Å². The molecule has 0 spiro atoms. The van der Waals surface area contributed by atoms with Gasteiger partial charge < -0.3 is 10.1 Å². The summed E-state index contributed by atoms with van der Waals surface area (Å²) in [6.45, 7) is 3.15. The largest absolute Gasteiger partial charge is 0.493 e. The van der Waals surface area contributed by atoms with Gasteiger partial charge in [-0.15, -0.1) is 12.4 Å². The van der Waals surface area contributed by atoms with Crippen LogP contribution >= 0.6 is 12.4 Å². The summed E-state index contributed by atoms with van der Waals surface area (Å²) in [6.07, 6.45) is 1.19. The molecule has 2 unspecified atom stereocenters. The molecule has 3 heteroatoms. The van der Waals surface area contributed by atoms with Crippen molar-refractivity contribution in [2.45, 2.75) is 12.3 Å². The number of hydrogen-bond acceptors (Lipinski definition) is 2. The van der Waals surface area contributed by atoms with Crippen LogP contribution in [0.2, 0.25) is 0 Å². The third-order valence-corrected chi connectivity index (χ3v) is 3.40. The number of ether oxygens (including phenoxy) is 1. The molecule has 0 aliphatic carbocycles. The Bertz CT molecular complexity index is 342. The van der Waals surface area contributed by atoms with Gasteiger partial charge in [0.25, 0.3) is 0 Å². The molecule has 0 saturated carbocycles. The molecule has 2 aliphatic rings. The van der Waals surface area contributed by atoms with E-state index in [1.807, 2.05) is 0 Å². The quantitative estimate of drug-likeness (QED) is 0.731. The van der Waals surface area contributed by atoms with Gasteiger partial charge in [-0.1, -0.05) is 18.2 Å². The molecular formula is C12H16ClNO. The lowest BCUT2D eigenvalue weighted by molar-refractivity contribution is 0.296. The molecule has 15 heavy (non-hydrogen) atoms. The summed E-state index contributed by atoms with van der Waals surface area (Å²) >= 11 is 0. The van der Waals surface area contributed by atoms with Gasteiger partial charge >= 0.3 is 0 Å². The Balaban J connectivity index is 0.000000853. The minimum Gasteiger partial charge on any atom is -0.493 e. The lowest BCUT2D eigenvalue weighted by atomic mass is 9.87. The van der Waals surface area contributed by atoms with Crippen molar-refractivity contribution < 1.29 is 4.74 Å². The van der Waals surface area contributed by atoms with Crippen molar-refractivity contribution in [3.05, 3.63) is 29.8 Å². The van der Waals surface area contributed by atoms with E-state index in [1.165, 1.54) is 12.0 Å². The number of halogens is 1. The van der Waals surface area contributed by atoms with Crippen LogP contribution in [-0.2, 0) is 0 Å². The average molecular weight is 226 g/mol. The molecule has 0 bridgehead atoms. The van der Waals surface area contributed by atoms with Crippen molar-refractivity contribution in [2.24, 2.45) is 5.92 Å². The monoisotopic (exact) mass is 225 g/mol. The highest BCUT2D eigenvalue weighted by molar-refractivity contribution is 5.85. The van der Waals surface area contributed by atoms with E-state index in [0.29, 0.717) is 5.92 Å². The van der Waals surface area contributed by atoms with Crippen molar-refractivity contribution in [1.29, 1.82) is 0 Å². The molecule has 1 aromatic carbocycles. The van der Waals surface area contributed by atoms with E-state index in [0.717, 1.165) is 31.4 Å². The molecule has 1 N–H and O–H groups in total. The summed E-state index contributed by atoms with van der Waals surface area (Å²) in [4.78, 5) is 0. The molecule has 2 atom stereocenters. The van der Waals surface area contributed by atoms with E-state index in [4.69, 9.17) is 4.74 Å². The SMILES string of the molecule is Cl.c1ccc2c(c1)OCCC1CNCC21. The second-order valence-corrected chi connectivity index (χ2v) is 4.20. The molecule has 82 valence electrons. The maximum absolute atomic E-state index is 5.76. The zero-order valence-corrected chi connectivity index (χ0v) is 9.43. The van der Waals surface area contributed by atoms with Crippen molar-refractivity contribution in [2.75, 3.05) is 19.7 Å². The number of rotatable bonds is 0. The van der Waals surface area contributed by atoms with E-state index in [9.17, 15) is 0 Å². The van der Waals surface area contributed by atoms with Crippen LogP contribution < -0.4 is 10.1 Å². The second kappa shape index (κ2) is 4.42. The fourth-order valence-electron chi connectivity index (χ4n) is 2.64. The summed E-state index contributed by atoms with van der Waals surface area (Å²) in [6, 6.07) is 8.48. The first-order chi connectivity index (χ1) is 6.95. The van der Waals surface area contributed by atoms with Crippen LogP contribution in [0.5, 0.6) is 5.75 Å². The van der Waals surface area contributed by atoms with Crippen LogP contribution in [0.4, 0.5) is 0 Å². The molecule has 3 rings (SSSR count). The zero-order valence-electron chi connectivity index (χ0n) is 8.61. The Labute approximate surface area is 96.4 Å². The first-order valence-electron chi connectivity index (χ1n) is 5.37. The van der Waals surface area contributed by atoms with Crippen LogP contribution in [-0.4, -0.2) is 19.7 Å². The van der Waals surface area contributed by atoms with Gasteiger partial charge in [-0.05, 0) is 30.5 Å². The van der Waals surface area contributed by atoms with Crippen LogP contribution in [0.1, 0.15) is 17.9 Å². The summed E-state index contributed by atoms with van der Waals surface area (Å²) in [5, 5.41) is 3.48.